The molecule has 2 aromatic heterocycles. The number of thiophene rings is 1. The Morgan fingerprint density at radius 1 is 1.09 bits per heavy atom. The van der Waals surface area contributed by atoms with E-state index in [1.807, 2.05) is 29.6 Å². The number of morpholine rings is 1. The standard InChI is InChI=1S/C25H27N5O2S2/c26-20-15-33-16-22(20)28-24(31)19-4-1-18(2-5-19)14-27-25-29-21-6-3-17(13-23(21)34-25)7-8-30-9-11-32-12-10-30/h1-6,13,15-16H,7-12,14,26H2,(H,27,29)(H,28,31). The number of benzene rings is 2. The van der Waals surface area contributed by atoms with Crippen LogP contribution >= 0.6 is 22.7 Å². The van der Waals surface area contributed by atoms with Gasteiger partial charge < -0.3 is 21.1 Å². The lowest BCUT2D eigenvalue weighted by Crippen LogP contribution is -2.37. The number of nitrogens with zero attached hydrogens (tertiary/aromatic N) is 2. The molecule has 0 bridgehead atoms. The molecule has 0 radical (unpaired) electrons. The molecular weight excluding hydrogens is 466 g/mol. The number of thiazole rings is 1. The monoisotopic (exact) mass is 493 g/mol. The van der Waals surface area contributed by atoms with Crippen LogP contribution in [-0.2, 0) is 17.7 Å². The average molecular weight is 494 g/mol. The van der Waals surface area contributed by atoms with Crippen molar-refractivity contribution in [3.63, 3.8) is 0 Å². The van der Waals surface area contributed by atoms with Crippen LogP contribution in [0.15, 0.2) is 53.2 Å². The number of fused-ring (bicyclic) bond motifs is 1. The third kappa shape index (κ3) is 5.56. The van der Waals surface area contributed by atoms with Crippen molar-refractivity contribution in [2.75, 3.05) is 49.2 Å². The van der Waals surface area contributed by atoms with E-state index in [0.29, 0.717) is 23.5 Å². The maximum absolute atomic E-state index is 12.4. The second kappa shape index (κ2) is 10.5. The van der Waals surface area contributed by atoms with Gasteiger partial charge in [0.25, 0.3) is 5.91 Å². The minimum absolute atomic E-state index is 0.166. The van der Waals surface area contributed by atoms with Crippen LogP contribution in [0, 0.1) is 0 Å². The van der Waals surface area contributed by atoms with E-state index in [-0.39, 0.29) is 5.91 Å². The van der Waals surface area contributed by atoms with E-state index in [4.69, 9.17) is 15.5 Å². The van der Waals surface area contributed by atoms with E-state index >= 15 is 0 Å². The van der Waals surface area contributed by atoms with Gasteiger partial charge in [-0.15, -0.1) is 11.3 Å². The van der Waals surface area contributed by atoms with Crippen LogP contribution in [0.2, 0.25) is 0 Å². The Bertz CT molecular complexity index is 1260. The number of ether oxygens (including phenoxy) is 1. The molecule has 1 fully saturated rings. The molecule has 5 rings (SSSR count). The number of nitrogen functional groups attached to an aromatic ring is 1. The summed E-state index contributed by atoms with van der Waals surface area (Å²) in [7, 11) is 0. The molecule has 2 aromatic carbocycles. The van der Waals surface area contributed by atoms with Crippen molar-refractivity contribution in [1.29, 1.82) is 0 Å². The Labute approximate surface area is 206 Å². The lowest BCUT2D eigenvalue weighted by molar-refractivity contribution is 0.0384. The second-order valence-electron chi connectivity index (χ2n) is 8.27. The van der Waals surface area contributed by atoms with Gasteiger partial charge in [0, 0.05) is 42.5 Å². The first-order valence-electron chi connectivity index (χ1n) is 11.3. The third-order valence-corrected chi connectivity index (χ3v) is 7.61. The molecule has 9 heteroatoms. The number of aromatic nitrogens is 1. The molecule has 1 amide bonds. The van der Waals surface area contributed by atoms with Crippen LogP contribution in [-0.4, -0.2) is 48.6 Å². The maximum Gasteiger partial charge on any atom is 0.255 e. The summed E-state index contributed by atoms with van der Waals surface area (Å²) in [5.74, 6) is -0.166. The van der Waals surface area contributed by atoms with Gasteiger partial charge in [0.2, 0.25) is 0 Å². The summed E-state index contributed by atoms with van der Waals surface area (Å²) in [6.45, 7) is 5.42. The molecule has 7 nitrogen and oxygen atoms in total. The SMILES string of the molecule is Nc1cscc1NC(=O)c1ccc(CNc2nc3ccc(CCN4CCOCC4)cc3s2)cc1. The van der Waals surface area contributed by atoms with Gasteiger partial charge in [-0.05, 0) is 41.8 Å². The Morgan fingerprint density at radius 3 is 2.65 bits per heavy atom. The topological polar surface area (TPSA) is 92.5 Å². The molecule has 0 atom stereocenters. The molecule has 3 heterocycles. The number of carbonyl (C=O) groups excluding carboxylic acids is 1. The molecule has 4 N–H and O–H groups in total. The first-order valence-corrected chi connectivity index (χ1v) is 13.1. The summed E-state index contributed by atoms with van der Waals surface area (Å²) in [4.78, 5) is 19.6. The van der Waals surface area contributed by atoms with Crippen molar-refractivity contribution in [2.45, 2.75) is 13.0 Å². The van der Waals surface area contributed by atoms with Crippen molar-refractivity contribution in [3.8, 4) is 0 Å². The van der Waals surface area contributed by atoms with Crippen molar-refractivity contribution in [3.05, 3.63) is 69.9 Å². The van der Waals surface area contributed by atoms with Gasteiger partial charge in [-0.2, -0.15) is 0 Å². The first kappa shape index (κ1) is 22.8. The second-order valence-corrected chi connectivity index (χ2v) is 10.0. The van der Waals surface area contributed by atoms with E-state index in [2.05, 4.69) is 33.7 Å². The average Bonchev–Trinajstić information content (AvgIpc) is 3.47. The Hall–Kier alpha value is -2.98. The van der Waals surface area contributed by atoms with Gasteiger partial charge in [0.15, 0.2) is 5.13 Å². The van der Waals surface area contributed by atoms with Crippen LogP contribution in [0.5, 0.6) is 0 Å². The predicted molar refractivity (Wildman–Crippen MR) is 141 cm³/mol. The van der Waals surface area contributed by atoms with E-state index in [0.717, 1.165) is 55.5 Å². The molecule has 1 saturated heterocycles. The highest BCUT2D eigenvalue weighted by Gasteiger charge is 2.12. The number of amides is 1. The van der Waals surface area contributed by atoms with Crippen molar-refractivity contribution >= 4 is 55.3 Å². The molecule has 0 aliphatic carbocycles. The van der Waals surface area contributed by atoms with Gasteiger partial charge in [0.05, 0.1) is 34.8 Å². The molecule has 34 heavy (non-hydrogen) atoms. The number of nitrogens with one attached hydrogen (secondary N) is 2. The van der Waals surface area contributed by atoms with Gasteiger partial charge in [-0.3, -0.25) is 9.69 Å². The quantitative estimate of drug-likeness (QED) is 0.330. The highest BCUT2D eigenvalue weighted by molar-refractivity contribution is 7.22. The normalized spacial score (nSPS) is 14.4. The lowest BCUT2D eigenvalue weighted by atomic mass is 10.1. The van der Waals surface area contributed by atoms with E-state index in [1.54, 1.807) is 16.7 Å². The van der Waals surface area contributed by atoms with E-state index < -0.39 is 0 Å². The van der Waals surface area contributed by atoms with Gasteiger partial charge in [0.1, 0.15) is 0 Å². The zero-order valence-corrected chi connectivity index (χ0v) is 20.4. The summed E-state index contributed by atoms with van der Waals surface area (Å²) >= 11 is 3.13. The Kier molecular flexibility index (Phi) is 7.05. The molecule has 0 spiro atoms. The van der Waals surface area contributed by atoms with Gasteiger partial charge in [-0.1, -0.05) is 29.5 Å². The molecule has 0 saturated carbocycles. The Balaban J connectivity index is 1.16. The number of nitrogens with two attached hydrogens (primary N) is 1. The third-order valence-electron chi connectivity index (χ3n) is 5.87. The van der Waals surface area contributed by atoms with Crippen LogP contribution in [0.3, 0.4) is 0 Å². The fourth-order valence-electron chi connectivity index (χ4n) is 3.87. The summed E-state index contributed by atoms with van der Waals surface area (Å²) in [5, 5.41) is 10.8. The smallest absolute Gasteiger partial charge is 0.255 e. The number of hydrogen-bond donors (Lipinski definition) is 3. The van der Waals surface area contributed by atoms with Crippen molar-refractivity contribution < 1.29 is 9.53 Å². The maximum atomic E-state index is 12.4. The minimum Gasteiger partial charge on any atom is -0.396 e. The predicted octanol–water partition coefficient (Wildman–Crippen LogP) is 4.68. The molecule has 176 valence electrons. The van der Waals surface area contributed by atoms with Crippen LogP contribution in [0.25, 0.3) is 10.2 Å². The summed E-state index contributed by atoms with van der Waals surface area (Å²) in [5.41, 5.74) is 11.1. The van der Waals surface area contributed by atoms with E-state index in [9.17, 15) is 4.79 Å². The minimum atomic E-state index is -0.166. The fraction of sp³-hybridized carbons (Fsp3) is 0.280. The molecular formula is C25H27N5O2S2. The zero-order valence-electron chi connectivity index (χ0n) is 18.8. The van der Waals surface area contributed by atoms with Crippen LogP contribution in [0.4, 0.5) is 16.5 Å². The summed E-state index contributed by atoms with van der Waals surface area (Å²) in [6, 6.07) is 14.1. The highest BCUT2D eigenvalue weighted by Crippen LogP contribution is 2.28. The van der Waals surface area contributed by atoms with Gasteiger partial charge >= 0.3 is 0 Å². The summed E-state index contributed by atoms with van der Waals surface area (Å²) in [6.07, 6.45) is 1.04. The summed E-state index contributed by atoms with van der Waals surface area (Å²) < 4.78 is 6.63. The van der Waals surface area contributed by atoms with Crippen molar-refractivity contribution in [2.24, 2.45) is 0 Å². The molecule has 1 aliphatic heterocycles. The van der Waals surface area contributed by atoms with E-state index in [1.165, 1.54) is 21.6 Å². The first-order chi connectivity index (χ1) is 16.6. The lowest BCUT2D eigenvalue weighted by Gasteiger charge is -2.26. The van der Waals surface area contributed by atoms with Crippen LogP contribution < -0.4 is 16.4 Å². The fourth-order valence-corrected chi connectivity index (χ4v) is 5.46. The number of rotatable bonds is 8. The number of carbonyl (C=O) groups is 1. The molecule has 4 aromatic rings. The number of anilines is 3. The molecule has 1 aliphatic rings. The largest absolute Gasteiger partial charge is 0.396 e. The zero-order chi connectivity index (χ0) is 23.3. The number of hydrogen-bond acceptors (Lipinski definition) is 8. The van der Waals surface area contributed by atoms with Crippen LogP contribution in [0.1, 0.15) is 21.5 Å². The Morgan fingerprint density at radius 2 is 1.88 bits per heavy atom. The van der Waals surface area contributed by atoms with Gasteiger partial charge in [-0.25, -0.2) is 4.98 Å². The highest BCUT2D eigenvalue weighted by atomic mass is 32.1. The molecule has 0 unspecified atom stereocenters. The van der Waals surface area contributed by atoms with Crippen molar-refractivity contribution in [1.82, 2.24) is 9.88 Å².